The third kappa shape index (κ3) is 3.07. The molecule has 0 aromatic heterocycles. The van der Waals surface area contributed by atoms with Crippen LogP contribution in [0.2, 0.25) is 0 Å². The Labute approximate surface area is 102 Å². The monoisotopic (exact) mass is 231 g/mol. The van der Waals surface area contributed by atoms with Crippen molar-refractivity contribution in [3.63, 3.8) is 0 Å². The molecule has 0 saturated carbocycles. The zero-order valence-corrected chi connectivity index (χ0v) is 10.2. The summed E-state index contributed by atoms with van der Waals surface area (Å²) in [5.74, 6) is -0.922. The Morgan fingerprint density at radius 2 is 1.82 bits per heavy atom. The van der Waals surface area contributed by atoms with E-state index in [0.29, 0.717) is 6.42 Å². The summed E-state index contributed by atoms with van der Waals surface area (Å²) in [6.07, 6.45) is 2.29. The van der Waals surface area contributed by atoms with E-state index in [1.165, 1.54) is 0 Å². The van der Waals surface area contributed by atoms with Crippen LogP contribution in [0.25, 0.3) is 0 Å². The highest BCUT2D eigenvalue weighted by atomic mass is 16.4. The van der Waals surface area contributed by atoms with E-state index in [1.807, 2.05) is 13.8 Å². The Kier molecular flexibility index (Phi) is 4.28. The van der Waals surface area contributed by atoms with Crippen LogP contribution in [-0.4, -0.2) is 11.1 Å². The van der Waals surface area contributed by atoms with Gasteiger partial charge in [-0.25, -0.2) is 4.79 Å². The zero-order chi connectivity index (χ0) is 12.9. The van der Waals surface area contributed by atoms with Gasteiger partial charge in [-0.15, -0.1) is 0 Å². The predicted molar refractivity (Wildman–Crippen MR) is 65.7 cm³/mol. The third-order valence-corrected chi connectivity index (χ3v) is 3.33. The van der Waals surface area contributed by atoms with Crippen LogP contribution in [0.4, 0.5) is 0 Å². The van der Waals surface area contributed by atoms with Crippen molar-refractivity contribution in [2.24, 2.45) is 5.41 Å². The van der Waals surface area contributed by atoms with Crippen molar-refractivity contribution in [3.05, 3.63) is 35.4 Å². The predicted octanol–water partition coefficient (Wildman–Crippen LogP) is 3.26. The van der Waals surface area contributed by atoms with Crippen molar-refractivity contribution < 1.29 is 9.90 Å². The van der Waals surface area contributed by atoms with Gasteiger partial charge in [-0.1, -0.05) is 26.0 Å². The van der Waals surface area contributed by atoms with Crippen LogP contribution in [-0.2, 0) is 6.42 Å². The first-order valence-corrected chi connectivity index (χ1v) is 5.80. The highest BCUT2D eigenvalue weighted by molar-refractivity contribution is 5.87. The van der Waals surface area contributed by atoms with Gasteiger partial charge in [-0.2, -0.15) is 5.26 Å². The molecule has 0 unspecified atom stereocenters. The van der Waals surface area contributed by atoms with Crippen molar-refractivity contribution in [2.45, 2.75) is 33.1 Å². The number of hydrogen-bond acceptors (Lipinski definition) is 2. The molecule has 0 radical (unpaired) electrons. The van der Waals surface area contributed by atoms with Crippen LogP contribution in [0.1, 0.15) is 42.6 Å². The smallest absolute Gasteiger partial charge is 0.335 e. The van der Waals surface area contributed by atoms with Crippen LogP contribution in [0.5, 0.6) is 0 Å². The molecule has 0 aliphatic heterocycles. The van der Waals surface area contributed by atoms with Crippen molar-refractivity contribution >= 4 is 5.97 Å². The molecule has 1 aromatic rings. The Balaban J connectivity index is 2.89. The molecular formula is C14H17NO2. The first-order valence-electron chi connectivity index (χ1n) is 5.80. The van der Waals surface area contributed by atoms with E-state index in [4.69, 9.17) is 5.11 Å². The summed E-state index contributed by atoms with van der Waals surface area (Å²) in [4.78, 5) is 10.7. The van der Waals surface area contributed by atoms with Crippen LogP contribution in [0.3, 0.4) is 0 Å². The summed E-state index contributed by atoms with van der Waals surface area (Å²) < 4.78 is 0. The molecule has 0 amide bonds. The van der Waals surface area contributed by atoms with Gasteiger partial charge >= 0.3 is 5.97 Å². The lowest BCUT2D eigenvalue weighted by Crippen LogP contribution is -2.19. The summed E-state index contributed by atoms with van der Waals surface area (Å²) >= 11 is 0. The largest absolute Gasteiger partial charge is 0.478 e. The molecule has 90 valence electrons. The SMILES string of the molecule is CCC(C#N)(CC)Cc1ccc(C(=O)O)cc1. The number of carboxylic acid groups (broad SMARTS) is 1. The fraction of sp³-hybridized carbons (Fsp3) is 0.429. The summed E-state index contributed by atoms with van der Waals surface area (Å²) in [7, 11) is 0. The fourth-order valence-corrected chi connectivity index (χ4v) is 1.85. The molecule has 0 aliphatic rings. The van der Waals surface area contributed by atoms with Gasteiger partial charge < -0.3 is 5.11 Å². The van der Waals surface area contributed by atoms with E-state index in [-0.39, 0.29) is 11.0 Å². The Hall–Kier alpha value is -1.82. The van der Waals surface area contributed by atoms with Crippen molar-refractivity contribution in [3.8, 4) is 6.07 Å². The summed E-state index contributed by atoms with van der Waals surface area (Å²) in [5, 5.41) is 18.0. The molecule has 17 heavy (non-hydrogen) atoms. The molecule has 1 rings (SSSR count). The van der Waals surface area contributed by atoms with Gasteiger partial charge in [0.2, 0.25) is 0 Å². The van der Waals surface area contributed by atoms with E-state index in [1.54, 1.807) is 24.3 Å². The number of hydrogen-bond donors (Lipinski definition) is 1. The molecule has 0 atom stereocenters. The molecule has 0 fully saturated rings. The molecule has 1 N–H and O–H groups in total. The standard InChI is InChI=1S/C14H17NO2/c1-3-14(4-2,10-15)9-11-5-7-12(8-6-11)13(16)17/h5-8H,3-4,9H2,1-2H3,(H,16,17). The summed E-state index contributed by atoms with van der Waals surface area (Å²) in [6, 6.07) is 9.15. The zero-order valence-electron chi connectivity index (χ0n) is 10.2. The molecule has 0 saturated heterocycles. The lowest BCUT2D eigenvalue weighted by atomic mass is 9.78. The number of rotatable bonds is 5. The van der Waals surface area contributed by atoms with Crippen molar-refractivity contribution in [1.82, 2.24) is 0 Å². The average molecular weight is 231 g/mol. The van der Waals surface area contributed by atoms with Gasteiger partial charge in [0.15, 0.2) is 0 Å². The van der Waals surface area contributed by atoms with E-state index < -0.39 is 5.97 Å². The maximum Gasteiger partial charge on any atom is 0.335 e. The van der Waals surface area contributed by atoms with Gasteiger partial charge in [0.25, 0.3) is 0 Å². The quantitative estimate of drug-likeness (QED) is 0.846. The van der Waals surface area contributed by atoms with Crippen molar-refractivity contribution in [2.75, 3.05) is 0 Å². The molecule has 0 heterocycles. The number of benzene rings is 1. The number of carboxylic acids is 1. The van der Waals surface area contributed by atoms with Crippen LogP contribution < -0.4 is 0 Å². The topological polar surface area (TPSA) is 61.1 Å². The fourth-order valence-electron chi connectivity index (χ4n) is 1.85. The Morgan fingerprint density at radius 3 is 2.18 bits per heavy atom. The van der Waals surface area contributed by atoms with E-state index in [9.17, 15) is 10.1 Å². The Bertz CT molecular complexity index is 425. The molecular weight excluding hydrogens is 214 g/mol. The highest BCUT2D eigenvalue weighted by Gasteiger charge is 2.25. The minimum atomic E-state index is -0.922. The third-order valence-electron chi connectivity index (χ3n) is 3.33. The second kappa shape index (κ2) is 5.49. The maximum absolute atomic E-state index is 10.7. The van der Waals surface area contributed by atoms with Gasteiger partial charge in [0.1, 0.15) is 0 Å². The molecule has 0 spiro atoms. The van der Waals surface area contributed by atoms with Gasteiger partial charge in [-0.05, 0) is 37.0 Å². The van der Waals surface area contributed by atoms with Crippen LogP contribution in [0.15, 0.2) is 24.3 Å². The summed E-state index contributed by atoms with van der Waals surface area (Å²) in [5.41, 5.74) is 0.967. The number of nitriles is 1. The molecule has 1 aromatic carbocycles. The van der Waals surface area contributed by atoms with Gasteiger partial charge in [0, 0.05) is 0 Å². The van der Waals surface area contributed by atoms with Crippen LogP contribution >= 0.6 is 0 Å². The maximum atomic E-state index is 10.7. The molecule has 3 heteroatoms. The number of aromatic carboxylic acids is 1. The molecule has 3 nitrogen and oxygen atoms in total. The van der Waals surface area contributed by atoms with Gasteiger partial charge in [-0.3, -0.25) is 0 Å². The normalized spacial score (nSPS) is 10.9. The van der Waals surface area contributed by atoms with E-state index in [2.05, 4.69) is 6.07 Å². The van der Waals surface area contributed by atoms with Crippen LogP contribution in [0, 0.1) is 16.7 Å². The summed E-state index contributed by atoms with van der Waals surface area (Å²) in [6.45, 7) is 4.02. The number of nitrogens with zero attached hydrogens (tertiary/aromatic N) is 1. The first kappa shape index (κ1) is 13.2. The minimum absolute atomic E-state index is 0.282. The van der Waals surface area contributed by atoms with E-state index >= 15 is 0 Å². The molecule has 0 bridgehead atoms. The first-order chi connectivity index (χ1) is 8.06. The van der Waals surface area contributed by atoms with E-state index in [0.717, 1.165) is 18.4 Å². The number of carbonyl (C=O) groups is 1. The van der Waals surface area contributed by atoms with Crippen molar-refractivity contribution in [1.29, 1.82) is 5.26 Å². The lowest BCUT2D eigenvalue weighted by molar-refractivity contribution is 0.0697. The second-order valence-corrected chi connectivity index (χ2v) is 4.28. The molecule has 0 aliphatic carbocycles. The lowest BCUT2D eigenvalue weighted by Gasteiger charge is -2.23. The highest BCUT2D eigenvalue weighted by Crippen LogP contribution is 2.30. The minimum Gasteiger partial charge on any atom is -0.478 e. The average Bonchev–Trinajstić information content (AvgIpc) is 2.37. The second-order valence-electron chi connectivity index (χ2n) is 4.28. The van der Waals surface area contributed by atoms with Gasteiger partial charge in [0.05, 0.1) is 17.0 Å². The Morgan fingerprint density at radius 1 is 1.29 bits per heavy atom.